The number of nitrogens with zero attached hydrogens (tertiary/aromatic N) is 2. The van der Waals surface area contributed by atoms with Crippen molar-refractivity contribution in [1.82, 2.24) is 9.78 Å². The van der Waals surface area contributed by atoms with Crippen LogP contribution in [0.4, 0.5) is 0 Å². The molecular weight excluding hydrogens is 248 g/mol. The molecule has 0 saturated carbocycles. The molecule has 0 amide bonds. The average Bonchev–Trinajstić information content (AvgIpc) is 2.88. The fraction of sp³-hybridized carbons (Fsp3) is 0.471. The van der Waals surface area contributed by atoms with Crippen LogP contribution in [0.15, 0.2) is 36.7 Å². The molecule has 1 aliphatic rings. The van der Waals surface area contributed by atoms with Gasteiger partial charge in [-0.15, -0.1) is 0 Å². The Bertz CT molecular complexity index is 605. The van der Waals surface area contributed by atoms with Crippen LogP contribution < -0.4 is 0 Å². The molecule has 0 saturated heterocycles. The predicted octanol–water partition coefficient (Wildman–Crippen LogP) is 3.14. The van der Waals surface area contributed by atoms with Crippen LogP contribution in [0.3, 0.4) is 0 Å². The van der Waals surface area contributed by atoms with Gasteiger partial charge in [0.2, 0.25) is 0 Å². The van der Waals surface area contributed by atoms with E-state index in [1.807, 2.05) is 30.2 Å². The van der Waals surface area contributed by atoms with Crippen LogP contribution in [-0.2, 0) is 19.1 Å². The zero-order chi connectivity index (χ0) is 14.2. The van der Waals surface area contributed by atoms with Gasteiger partial charge < -0.3 is 5.11 Å². The summed E-state index contributed by atoms with van der Waals surface area (Å²) in [4.78, 5) is 0. The normalized spacial score (nSPS) is 25.4. The van der Waals surface area contributed by atoms with Crippen molar-refractivity contribution in [2.24, 2.45) is 7.05 Å². The van der Waals surface area contributed by atoms with Crippen LogP contribution in [0.1, 0.15) is 48.8 Å². The first-order valence-electron chi connectivity index (χ1n) is 7.38. The summed E-state index contributed by atoms with van der Waals surface area (Å²) in [5.41, 5.74) is 2.95. The van der Waals surface area contributed by atoms with E-state index >= 15 is 0 Å². The third-order valence-corrected chi connectivity index (χ3v) is 4.57. The van der Waals surface area contributed by atoms with Gasteiger partial charge in [0.1, 0.15) is 0 Å². The Morgan fingerprint density at radius 1 is 1.40 bits per heavy atom. The van der Waals surface area contributed by atoms with Crippen molar-refractivity contribution in [3.8, 4) is 0 Å². The molecule has 0 fully saturated rings. The molecule has 20 heavy (non-hydrogen) atoms. The van der Waals surface area contributed by atoms with E-state index in [1.54, 1.807) is 0 Å². The summed E-state index contributed by atoms with van der Waals surface area (Å²) >= 11 is 0. The second-order valence-corrected chi connectivity index (χ2v) is 6.08. The maximum absolute atomic E-state index is 11.1. The van der Waals surface area contributed by atoms with Crippen molar-refractivity contribution in [3.05, 3.63) is 53.3 Å². The van der Waals surface area contributed by atoms with Gasteiger partial charge in [-0.1, -0.05) is 31.2 Å². The van der Waals surface area contributed by atoms with Crippen molar-refractivity contribution in [3.63, 3.8) is 0 Å². The molecule has 2 unspecified atom stereocenters. The van der Waals surface area contributed by atoms with Crippen LogP contribution in [0.25, 0.3) is 0 Å². The zero-order valence-electron chi connectivity index (χ0n) is 12.2. The fourth-order valence-corrected chi connectivity index (χ4v) is 3.31. The second kappa shape index (κ2) is 5.06. The molecule has 0 aliphatic heterocycles. The minimum absolute atomic E-state index is 0.546. The Hall–Kier alpha value is -1.61. The first-order valence-corrected chi connectivity index (χ1v) is 7.38. The first kappa shape index (κ1) is 13.4. The molecule has 3 heteroatoms. The first-order chi connectivity index (χ1) is 9.58. The fourth-order valence-electron chi connectivity index (χ4n) is 3.31. The summed E-state index contributed by atoms with van der Waals surface area (Å²) in [6.45, 7) is 2.25. The van der Waals surface area contributed by atoms with Gasteiger partial charge in [0.15, 0.2) is 0 Å². The number of aromatic nitrogens is 2. The number of benzene rings is 1. The molecule has 0 bridgehead atoms. The number of hydrogen-bond donors (Lipinski definition) is 1. The van der Waals surface area contributed by atoms with Crippen LogP contribution in [0.2, 0.25) is 0 Å². The molecule has 1 aliphatic carbocycles. The molecule has 106 valence electrons. The number of aliphatic hydroxyl groups is 1. The van der Waals surface area contributed by atoms with Gasteiger partial charge in [0, 0.05) is 13.2 Å². The van der Waals surface area contributed by atoms with E-state index in [0.29, 0.717) is 5.92 Å². The van der Waals surface area contributed by atoms with Gasteiger partial charge in [0.05, 0.1) is 11.8 Å². The van der Waals surface area contributed by atoms with E-state index in [4.69, 9.17) is 0 Å². The Balaban J connectivity index is 1.83. The molecule has 1 N–H and O–H groups in total. The number of fused-ring (bicyclic) bond motifs is 1. The number of hydrogen-bond acceptors (Lipinski definition) is 2. The summed E-state index contributed by atoms with van der Waals surface area (Å²) in [5.74, 6) is 0.546. The van der Waals surface area contributed by atoms with Crippen LogP contribution in [0, 0.1) is 0 Å². The van der Waals surface area contributed by atoms with E-state index in [0.717, 1.165) is 31.2 Å². The van der Waals surface area contributed by atoms with Gasteiger partial charge in [-0.2, -0.15) is 5.10 Å². The molecule has 1 aromatic heterocycles. The van der Waals surface area contributed by atoms with Crippen molar-refractivity contribution in [2.75, 3.05) is 0 Å². The van der Waals surface area contributed by atoms with E-state index in [1.165, 1.54) is 11.1 Å². The molecule has 1 heterocycles. The molecule has 1 aromatic carbocycles. The lowest BCUT2D eigenvalue weighted by Gasteiger charge is -2.37. The largest absolute Gasteiger partial charge is 0.385 e. The maximum Gasteiger partial charge on any atom is 0.0902 e. The molecule has 0 radical (unpaired) electrons. The highest BCUT2D eigenvalue weighted by molar-refractivity contribution is 5.37. The SMILES string of the molecule is CC1CCC(O)(CCc2cnn(C)c2)c2ccccc21. The van der Waals surface area contributed by atoms with Gasteiger partial charge in [0.25, 0.3) is 0 Å². The summed E-state index contributed by atoms with van der Waals surface area (Å²) in [6.07, 6.45) is 7.46. The lowest BCUT2D eigenvalue weighted by Crippen LogP contribution is -2.32. The summed E-state index contributed by atoms with van der Waals surface area (Å²) in [6, 6.07) is 8.36. The summed E-state index contributed by atoms with van der Waals surface area (Å²) in [7, 11) is 1.93. The van der Waals surface area contributed by atoms with Crippen LogP contribution >= 0.6 is 0 Å². The van der Waals surface area contributed by atoms with Crippen molar-refractivity contribution < 1.29 is 5.11 Å². The number of aryl methyl sites for hydroxylation is 2. The summed E-state index contributed by atoms with van der Waals surface area (Å²) in [5, 5.41) is 15.3. The minimum atomic E-state index is -0.682. The van der Waals surface area contributed by atoms with Gasteiger partial charge in [-0.3, -0.25) is 4.68 Å². The molecule has 3 nitrogen and oxygen atoms in total. The Morgan fingerprint density at radius 3 is 2.95 bits per heavy atom. The zero-order valence-corrected chi connectivity index (χ0v) is 12.2. The van der Waals surface area contributed by atoms with Gasteiger partial charge in [-0.25, -0.2) is 0 Å². The lowest BCUT2D eigenvalue weighted by molar-refractivity contribution is 0.00732. The Labute approximate surface area is 120 Å². The van der Waals surface area contributed by atoms with E-state index in [-0.39, 0.29) is 0 Å². The second-order valence-electron chi connectivity index (χ2n) is 6.08. The maximum atomic E-state index is 11.1. The quantitative estimate of drug-likeness (QED) is 0.930. The summed E-state index contributed by atoms with van der Waals surface area (Å²) < 4.78 is 1.82. The molecular formula is C17H22N2O. The molecule has 2 aromatic rings. The predicted molar refractivity (Wildman–Crippen MR) is 79.5 cm³/mol. The lowest BCUT2D eigenvalue weighted by atomic mass is 9.72. The smallest absolute Gasteiger partial charge is 0.0902 e. The van der Waals surface area contributed by atoms with Crippen molar-refractivity contribution in [2.45, 2.75) is 44.1 Å². The highest BCUT2D eigenvalue weighted by atomic mass is 16.3. The van der Waals surface area contributed by atoms with Crippen molar-refractivity contribution >= 4 is 0 Å². The minimum Gasteiger partial charge on any atom is -0.385 e. The highest BCUT2D eigenvalue weighted by Crippen LogP contribution is 2.43. The topological polar surface area (TPSA) is 38.1 Å². The molecule has 2 atom stereocenters. The van der Waals surface area contributed by atoms with Crippen LogP contribution in [0.5, 0.6) is 0 Å². The van der Waals surface area contributed by atoms with E-state index < -0.39 is 5.60 Å². The van der Waals surface area contributed by atoms with Crippen molar-refractivity contribution in [1.29, 1.82) is 0 Å². The average molecular weight is 270 g/mol. The van der Waals surface area contributed by atoms with Crippen LogP contribution in [-0.4, -0.2) is 14.9 Å². The van der Waals surface area contributed by atoms with E-state index in [9.17, 15) is 5.11 Å². The highest BCUT2D eigenvalue weighted by Gasteiger charge is 2.36. The Morgan fingerprint density at radius 2 is 2.20 bits per heavy atom. The number of rotatable bonds is 3. The molecule has 3 rings (SSSR count). The third-order valence-electron chi connectivity index (χ3n) is 4.57. The standard InChI is InChI=1S/C17H22N2O/c1-13-7-9-17(20,16-6-4-3-5-15(13)16)10-8-14-11-18-19(2)12-14/h3-6,11-13,20H,7-10H2,1-2H3. The third kappa shape index (κ3) is 2.38. The monoisotopic (exact) mass is 270 g/mol. The van der Waals surface area contributed by atoms with E-state index in [2.05, 4.69) is 30.2 Å². The Kier molecular flexibility index (Phi) is 3.38. The van der Waals surface area contributed by atoms with Gasteiger partial charge >= 0.3 is 0 Å². The molecule has 0 spiro atoms. The van der Waals surface area contributed by atoms with Gasteiger partial charge in [-0.05, 0) is 48.3 Å².